The smallest absolute Gasteiger partial charge is 0.249 e. The summed E-state index contributed by atoms with van der Waals surface area (Å²) in [4.78, 5) is 15.3. The molecule has 20 heavy (non-hydrogen) atoms. The lowest BCUT2D eigenvalue weighted by atomic mass is 10.0. The number of carbonyl (C=O) groups is 1. The van der Waals surface area contributed by atoms with Crippen molar-refractivity contribution in [1.82, 2.24) is 10.3 Å². The number of ether oxygens (including phenoxy) is 1. The number of carbonyl (C=O) groups excluding carboxylic acids is 1. The van der Waals surface area contributed by atoms with Gasteiger partial charge in [-0.1, -0.05) is 25.1 Å². The minimum atomic E-state index is -0.266. The molecule has 2 N–H and O–H groups in total. The number of hydrogen-bond acceptors (Lipinski definition) is 2. The summed E-state index contributed by atoms with van der Waals surface area (Å²) >= 11 is 0. The normalized spacial score (nSPS) is 22.2. The van der Waals surface area contributed by atoms with Crippen LogP contribution in [-0.2, 0) is 16.0 Å². The molecule has 4 heteroatoms. The van der Waals surface area contributed by atoms with Crippen LogP contribution in [0, 0.1) is 5.92 Å². The van der Waals surface area contributed by atoms with E-state index in [1.165, 1.54) is 10.9 Å². The number of aromatic nitrogens is 1. The van der Waals surface area contributed by atoms with Gasteiger partial charge >= 0.3 is 0 Å². The Morgan fingerprint density at radius 2 is 2.30 bits per heavy atom. The van der Waals surface area contributed by atoms with Gasteiger partial charge in [0, 0.05) is 30.3 Å². The Labute approximate surface area is 118 Å². The molecule has 2 atom stereocenters. The summed E-state index contributed by atoms with van der Waals surface area (Å²) in [5, 5.41) is 4.21. The second-order valence-electron chi connectivity index (χ2n) is 5.46. The molecule has 0 aliphatic carbocycles. The highest BCUT2D eigenvalue weighted by molar-refractivity contribution is 5.83. The topological polar surface area (TPSA) is 54.1 Å². The molecular formula is C16H20N2O2. The highest BCUT2D eigenvalue weighted by atomic mass is 16.5. The fourth-order valence-electron chi connectivity index (χ4n) is 2.79. The van der Waals surface area contributed by atoms with Crippen molar-refractivity contribution < 1.29 is 9.53 Å². The van der Waals surface area contributed by atoms with Crippen LogP contribution in [0.2, 0.25) is 0 Å². The van der Waals surface area contributed by atoms with Crippen molar-refractivity contribution >= 4 is 16.8 Å². The van der Waals surface area contributed by atoms with Crippen LogP contribution in [0.4, 0.5) is 0 Å². The van der Waals surface area contributed by atoms with Crippen LogP contribution < -0.4 is 5.32 Å². The largest absolute Gasteiger partial charge is 0.368 e. The molecule has 2 unspecified atom stereocenters. The van der Waals surface area contributed by atoms with Gasteiger partial charge in [-0.05, 0) is 30.4 Å². The number of aromatic amines is 1. The number of hydrogen-bond donors (Lipinski definition) is 2. The molecule has 106 valence electrons. The van der Waals surface area contributed by atoms with E-state index in [0.717, 1.165) is 18.4 Å². The van der Waals surface area contributed by atoms with Crippen LogP contribution in [-0.4, -0.2) is 30.1 Å². The zero-order valence-electron chi connectivity index (χ0n) is 11.7. The van der Waals surface area contributed by atoms with Crippen molar-refractivity contribution in [2.24, 2.45) is 5.92 Å². The van der Waals surface area contributed by atoms with Gasteiger partial charge in [0.15, 0.2) is 0 Å². The molecule has 2 aromatic rings. The molecular weight excluding hydrogens is 252 g/mol. The summed E-state index contributed by atoms with van der Waals surface area (Å²) in [6, 6.07) is 8.21. The van der Waals surface area contributed by atoms with Crippen molar-refractivity contribution in [3.05, 3.63) is 36.0 Å². The Kier molecular flexibility index (Phi) is 3.74. The number of H-pyrrole nitrogens is 1. The minimum absolute atomic E-state index is 0.0230. The molecule has 1 aromatic carbocycles. The molecule has 1 amide bonds. The third kappa shape index (κ3) is 2.56. The molecule has 1 aliphatic rings. The highest BCUT2D eigenvalue weighted by Crippen LogP contribution is 2.20. The van der Waals surface area contributed by atoms with Crippen LogP contribution in [0.1, 0.15) is 18.9 Å². The molecule has 1 fully saturated rings. The quantitative estimate of drug-likeness (QED) is 0.897. The lowest BCUT2D eigenvalue weighted by Crippen LogP contribution is -2.38. The van der Waals surface area contributed by atoms with E-state index in [2.05, 4.69) is 29.4 Å². The van der Waals surface area contributed by atoms with E-state index >= 15 is 0 Å². The first kappa shape index (κ1) is 13.2. The lowest BCUT2D eigenvalue weighted by molar-refractivity contribution is -0.131. The molecule has 0 bridgehead atoms. The molecule has 0 spiro atoms. The first-order valence-electron chi connectivity index (χ1n) is 7.20. The molecule has 0 saturated carbocycles. The fraction of sp³-hybridized carbons (Fsp3) is 0.438. The van der Waals surface area contributed by atoms with Crippen LogP contribution in [0.5, 0.6) is 0 Å². The van der Waals surface area contributed by atoms with Crippen molar-refractivity contribution in [1.29, 1.82) is 0 Å². The van der Waals surface area contributed by atoms with Gasteiger partial charge in [0.05, 0.1) is 0 Å². The zero-order valence-corrected chi connectivity index (χ0v) is 11.7. The van der Waals surface area contributed by atoms with Crippen molar-refractivity contribution in [3.63, 3.8) is 0 Å². The van der Waals surface area contributed by atoms with E-state index in [-0.39, 0.29) is 12.0 Å². The molecule has 2 heterocycles. The van der Waals surface area contributed by atoms with Gasteiger partial charge in [-0.2, -0.15) is 0 Å². The summed E-state index contributed by atoms with van der Waals surface area (Å²) in [7, 11) is 0. The Morgan fingerprint density at radius 1 is 1.45 bits per heavy atom. The molecule has 1 aliphatic heterocycles. The van der Waals surface area contributed by atoms with Crippen molar-refractivity contribution in [3.8, 4) is 0 Å². The van der Waals surface area contributed by atoms with Gasteiger partial charge in [0.2, 0.25) is 5.91 Å². The summed E-state index contributed by atoms with van der Waals surface area (Å²) in [5.41, 5.74) is 2.38. The molecule has 1 saturated heterocycles. The van der Waals surface area contributed by atoms with E-state index in [0.29, 0.717) is 19.1 Å². The molecule has 4 nitrogen and oxygen atoms in total. The monoisotopic (exact) mass is 272 g/mol. The van der Waals surface area contributed by atoms with Gasteiger partial charge in [-0.15, -0.1) is 0 Å². The number of benzene rings is 1. The number of fused-ring (bicyclic) bond motifs is 1. The van der Waals surface area contributed by atoms with E-state index in [1.54, 1.807) is 0 Å². The maximum Gasteiger partial charge on any atom is 0.249 e. The van der Waals surface area contributed by atoms with Gasteiger partial charge in [-0.25, -0.2) is 0 Å². The van der Waals surface area contributed by atoms with Gasteiger partial charge in [0.1, 0.15) is 6.10 Å². The average Bonchev–Trinajstić information content (AvgIpc) is 3.05. The van der Waals surface area contributed by atoms with E-state index < -0.39 is 0 Å². The van der Waals surface area contributed by atoms with Crippen LogP contribution in [0.25, 0.3) is 10.9 Å². The highest BCUT2D eigenvalue weighted by Gasteiger charge is 2.30. The van der Waals surface area contributed by atoms with Crippen LogP contribution in [0.3, 0.4) is 0 Å². The minimum Gasteiger partial charge on any atom is -0.368 e. The summed E-state index contributed by atoms with van der Waals surface area (Å²) < 4.78 is 5.47. The maximum absolute atomic E-state index is 12.0. The Balaban J connectivity index is 1.56. The standard InChI is InChI=1S/C16H20N2O2/c1-11-7-9-20-15(11)16(19)17-8-6-12-10-18-14-5-3-2-4-13(12)14/h2-5,10-11,15,18H,6-9H2,1H3,(H,17,19). The Hall–Kier alpha value is -1.81. The van der Waals surface area contributed by atoms with Gasteiger partial charge in [0.25, 0.3) is 0 Å². The summed E-state index contributed by atoms with van der Waals surface area (Å²) in [5.74, 6) is 0.345. The molecule has 3 rings (SSSR count). The summed E-state index contributed by atoms with van der Waals surface area (Å²) in [6.45, 7) is 3.41. The second kappa shape index (κ2) is 5.67. The number of para-hydroxylation sites is 1. The van der Waals surface area contributed by atoms with Crippen molar-refractivity contribution in [2.45, 2.75) is 25.9 Å². The fourth-order valence-corrected chi connectivity index (χ4v) is 2.79. The number of amides is 1. The lowest BCUT2D eigenvalue weighted by Gasteiger charge is -2.14. The van der Waals surface area contributed by atoms with E-state index in [1.807, 2.05) is 18.3 Å². The maximum atomic E-state index is 12.0. The number of rotatable bonds is 4. The van der Waals surface area contributed by atoms with Gasteiger partial charge < -0.3 is 15.0 Å². The van der Waals surface area contributed by atoms with Crippen LogP contribution in [0.15, 0.2) is 30.5 Å². The second-order valence-corrected chi connectivity index (χ2v) is 5.46. The molecule has 1 aromatic heterocycles. The third-order valence-corrected chi connectivity index (χ3v) is 4.01. The number of nitrogens with one attached hydrogen (secondary N) is 2. The predicted octanol–water partition coefficient (Wildman–Crippen LogP) is 2.25. The first-order valence-corrected chi connectivity index (χ1v) is 7.20. The summed E-state index contributed by atoms with van der Waals surface area (Å²) in [6.07, 6.45) is 3.56. The van der Waals surface area contributed by atoms with Gasteiger partial charge in [-0.3, -0.25) is 4.79 Å². The predicted molar refractivity (Wildman–Crippen MR) is 78.5 cm³/mol. The molecule has 0 radical (unpaired) electrons. The van der Waals surface area contributed by atoms with Crippen LogP contribution >= 0.6 is 0 Å². The Bertz CT molecular complexity index is 605. The first-order chi connectivity index (χ1) is 9.75. The average molecular weight is 272 g/mol. The van der Waals surface area contributed by atoms with E-state index in [9.17, 15) is 4.79 Å². The van der Waals surface area contributed by atoms with E-state index in [4.69, 9.17) is 4.74 Å². The van der Waals surface area contributed by atoms with Crippen molar-refractivity contribution in [2.75, 3.05) is 13.2 Å². The zero-order chi connectivity index (χ0) is 13.9. The third-order valence-electron chi connectivity index (χ3n) is 4.01. The Morgan fingerprint density at radius 3 is 3.10 bits per heavy atom. The SMILES string of the molecule is CC1CCOC1C(=O)NCCc1c[nH]c2ccccc12.